The molecule has 98 valence electrons. The van der Waals surface area contributed by atoms with E-state index in [0.717, 1.165) is 4.90 Å². The predicted molar refractivity (Wildman–Crippen MR) is 67.8 cm³/mol. The fourth-order valence-electron chi connectivity index (χ4n) is 1.34. The number of carboxylic acids is 1. The number of rotatable bonds is 6. The van der Waals surface area contributed by atoms with Gasteiger partial charge in [0.25, 0.3) is 0 Å². The lowest BCUT2D eigenvalue weighted by Gasteiger charge is -2.21. The van der Waals surface area contributed by atoms with E-state index in [0.29, 0.717) is 4.88 Å². The molecule has 1 atom stereocenters. The van der Waals surface area contributed by atoms with Crippen LogP contribution in [0.15, 0.2) is 17.5 Å². The van der Waals surface area contributed by atoms with E-state index in [1.807, 2.05) is 0 Å². The second-order valence-electron chi connectivity index (χ2n) is 3.92. The van der Waals surface area contributed by atoms with Gasteiger partial charge < -0.3 is 10.0 Å². The number of thiophene rings is 1. The van der Waals surface area contributed by atoms with Gasteiger partial charge in [-0.2, -0.15) is 0 Å². The molecule has 0 saturated heterocycles. The number of likely N-dealkylation sites (N-methyl/N-ethyl adjacent to an activating group) is 1. The average Bonchev–Trinajstić information content (AvgIpc) is 2.87. The highest BCUT2D eigenvalue weighted by Crippen LogP contribution is 2.13. The van der Waals surface area contributed by atoms with Gasteiger partial charge >= 0.3 is 5.97 Å². The van der Waals surface area contributed by atoms with E-state index < -0.39 is 12.0 Å². The summed E-state index contributed by atoms with van der Waals surface area (Å²) in [4.78, 5) is 35.8. The number of Topliss-reactive ketones (excluding diaryl/α,β-unsaturated/α-hetero) is 1. The molecule has 1 amide bonds. The minimum atomic E-state index is -1.06. The first-order chi connectivity index (χ1) is 8.43. The van der Waals surface area contributed by atoms with Crippen molar-refractivity contribution in [3.05, 3.63) is 22.4 Å². The number of ketones is 1. The van der Waals surface area contributed by atoms with Crippen molar-refractivity contribution in [3.8, 4) is 0 Å². The first-order valence-electron chi connectivity index (χ1n) is 5.48. The Hall–Kier alpha value is -1.69. The summed E-state index contributed by atoms with van der Waals surface area (Å²) in [5.74, 6) is -1.49. The summed E-state index contributed by atoms with van der Waals surface area (Å²) in [7, 11) is 1.43. The molecular formula is C12H15NO4S. The molecule has 0 aliphatic rings. The third-order valence-electron chi connectivity index (χ3n) is 2.69. The zero-order valence-corrected chi connectivity index (χ0v) is 11.1. The Morgan fingerprint density at radius 1 is 1.39 bits per heavy atom. The van der Waals surface area contributed by atoms with Crippen LogP contribution in [-0.4, -0.2) is 40.8 Å². The van der Waals surface area contributed by atoms with Crippen LogP contribution in [0.1, 0.15) is 29.4 Å². The van der Waals surface area contributed by atoms with Gasteiger partial charge in [0.15, 0.2) is 5.78 Å². The van der Waals surface area contributed by atoms with Gasteiger partial charge in [-0.15, -0.1) is 11.3 Å². The quantitative estimate of drug-likeness (QED) is 0.797. The number of carbonyl (C=O) groups excluding carboxylic acids is 2. The molecule has 1 aromatic heterocycles. The number of carboxylic acid groups (broad SMARTS) is 1. The van der Waals surface area contributed by atoms with Crippen LogP contribution in [0.5, 0.6) is 0 Å². The zero-order valence-electron chi connectivity index (χ0n) is 10.3. The maximum absolute atomic E-state index is 11.7. The standard InChI is InChI=1S/C12H15NO4S/c1-8(12(16)17)13(2)11(15)6-5-9(14)10-4-3-7-18-10/h3-4,7-8H,5-6H2,1-2H3,(H,16,17). The summed E-state index contributed by atoms with van der Waals surface area (Å²) in [6, 6.07) is 2.61. The topological polar surface area (TPSA) is 74.7 Å². The van der Waals surface area contributed by atoms with E-state index >= 15 is 0 Å². The molecule has 0 aliphatic heterocycles. The maximum atomic E-state index is 11.7. The molecule has 0 radical (unpaired) electrons. The molecule has 5 nitrogen and oxygen atoms in total. The Bertz CT molecular complexity index is 441. The fraction of sp³-hybridized carbons (Fsp3) is 0.417. The summed E-state index contributed by atoms with van der Waals surface area (Å²) in [6.45, 7) is 1.43. The minimum Gasteiger partial charge on any atom is -0.480 e. The van der Waals surface area contributed by atoms with Gasteiger partial charge in [-0.25, -0.2) is 4.79 Å². The molecule has 0 fully saturated rings. The highest BCUT2D eigenvalue weighted by molar-refractivity contribution is 7.12. The second-order valence-corrected chi connectivity index (χ2v) is 4.87. The maximum Gasteiger partial charge on any atom is 0.326 e. The molecule has 1 rings (SSSR count). The first kappa shape index (κ1) is 14.4. The molecule has 0 aromatic carbocycles. The molecular weight excluding hydrogens is 254 g/mol. The number of hydrogen-bond donors (Lipinski definition) is 1. The molecule has 0 spiro atoms. The van der Waals surface area contributed by atoms with Crippen LogP contribution in [0.3, 0.4) is 0 Å². The van der Waals surface area contributed by atoms with Crippen LogP contribution < -0.4 is 0 Å². The van der Waals surface area contributed by atoms with Gasteiger partial charge in [-0.3, -0.25) is 9.59 Å². The van der Waals surface area contributed by atoms with Crippen molar-refractivity contribution in [2.45, 2.75) is 25.8 Å². The van der Waals surface area contributed by atoms with Crippen LogP contribution in [0.25, 0.3) is 0 Å². The average molecular weight is 269 g/mol. The zero-order chi connectivity index (χ0) is 13.7. The Kier molecular flexibility index (Phi) is 5.03. The van der Waals surface area contributed by atoms with Gasteiger partial charge in [0.1, 0.15) is 6.04 Å². The SMILES string of the molecule is CC(C(=O)O)N(C)C(=O)CCC(=O)c1cccs1. The van der Waals surface area contributed by atoms with Crippen molar-refractivity contribution in [1.29, 1.82) is 0 Å². The fourth-order valence-corrected chi connectivity index (χ4v) is 2.03. The van der Waals surface area contributed by atoms with Gasteiger partial charge in [-0.05, 0) is 18.4 Å². The van der Waals surface area contributed by atoms with Crippen LogP contribution in [-0.2, 0) is 9.59 Å². The monoisotopic (exact) mass is 269 g/mol. The van der Waals surface area contributed by atoms with Crippen molar-refractivity contribution >= 4 is 29.0 Å². The van der Waals surface area contributed by atoms with E-state index in [-0.39, 0.29) is 24.5 Å². The summed E-state index contributed by atoms with van der Waals surface area (Å²) >= 11 is 1.33. The third-order valence-corrected chi connectivity index (χ3v) is 3.60. The lowest BCUT2D eigenvalue weighted by molar-refractivity contribution is -0.148. The molecule has 0 saturated carbocycles. The van der Waals surface area contributed by atoms with E-state index in [4.69, 9.17) is 5.11 Å². The van der Waals surface area contributed by atoms with Gasteiger partial charge in [-0.1, -0.05) is 6.07 Å². The Morgan fingerprint density at radius 2 is 2.06 bits per heavy atom. The molecule has 1 N–H and O–H groups in total. The lowest BCUT2D eigenvalue weighted by Crippen LogP contribution is -2.40. The predicted octanol–water partition coefficient (Wildman–Crippen LogP) is 1.64. The van der Waals surface area contributed by atoms with Gasteiger partial charge in [0.2, 0.25) is 5.91 Å². The van der Waals surface area contributed by atoms with E-state index in [9.17, 15) is 14.4 Å². The van der Waals surface area contributed by atoms with Crippen LogP contribution in [0.2, 0.25) is 0 Å². The normalized spacial score (nSPS) is 11.9. The number of aliphatic carboxylic acids is 1. The van der Waals surface area contributed by atoms with E-state index in [1.54, 1.807) is 17.5 Å². The number of hydrogen-bond acceptors (Lipinski definition) is 4. The second kappa shape index (κ2) is 6.30. The van der Waals surface area contributed by atoms with Crippen LogP contribution in [0, 0.1) is 0 Å². The molecule has 0 aliphatic carbocycles. The highest BCUT2D eigenvalue weighted by Gasteiger charge is 2.22. The summed E-state index contributed by atoms with van der Waals surface area (Å²) in [6.07, 6.45) is 0.140. The van der Waals surface area contributed by atoms with Crippen molar-refractivity contribution in [2.24, 2.45) is 0 Å². The van der Waals surface area contributed by atoms with E-state index in [2.05, 4.69) is 0 Å². The Morgan fingerprint density at radius 3 is 2.56 bits per heavy atom. The van der Waals surface area contributed by atoms with Gasteiger partial charge in [0, 0.05) is 19.9 Å². The summed E-state index contributed by atoms with van der Waals surface area (Å²) in [5, 5.41) is 10.6. The van der Waals surface area contributed by atoms with Crippen LogP contribution in [0.4, 0.5) is 0 Å². The Labute approximate surface area is 109 Å². The van der Waals surface area contributed by atoms with Crippen molar-refractivity contribution < 1.29 is 19.5 Å². The number of carbonyl (C=O) groups is 3. The van der Waals surface area contributed by atoms with Crippen molar-refractivity contribution in [1.82, 2.24) is 4.90 Å². The third kappa shape index (κ3) is 3.66. The smallest absolute Gasteiger partial charge is 0.326 e. The number of nitrogens with zero attached hydrogens (tertiary/aromatic N) is 1. The molecule has 6 heteroatoms. The van der Waals surface area contributed by atoms with Crippen molar-refractivity contribution in [2.75, 3.05) is 7.05 Å². The largest absolute Gasteiger partial charge is 0.480 e. The minimum absolute atomic E-state index is 0.0326. The molecule has 1 unspecified atom stereocenters. The summed E-state index contributed by atoms with van der Waals surface area (Å²) < 4.78 is 0. The van der Waals surface area contributed by atoms with Gasteiger partial charge in [0.05, 0.1) is 4.88 Å². The molecule has 18 heavy (non-hydrogen) atoms. The Balaban J connectivity index is 2.46. The highest BCUT2D eigenvalue weighted by atomic mass is 32.1. The molecule has 0 bridgehead atoms. The molecule has 1 heterocycles. The van der Waals surface area contributed by atoms with Crippen LogP contribution >= 0.6 is 11.3 Å². The number of amides is 1. The summed E-state index contributed by atoms with van der Waals surface area (Å²) in [5.41, 5.74) is 0. The lowest BCUT2D eigenvalue weighted by atomic mass is 10.1. The first-order valence-corrected chi connectivity index (χ1v) is 6.36. The van der Waals surface area contributed by atoms with Crippen molar-refractivity contribution in [3.63, 3.8) is 0 Å². The molecule has 1 aromatic rings. The van der Waals surface area contributed by atoms with E-state index in [1.165, 1.54) is 25.3 Å².